The van der Waals surface area contributed by atoms with Gasteiger partial charge in [-0.2, -0.15) is 0 Å². The molecule has 0 bridgehead atoms. The average Bonchev–Trinajstić information content (AvgIpc) is 2.80. The monoisotopic (exact) mass is 560 g/mol. The highest BCUT2D eigenvalue weighted by atomic mass is 32.3. The Kier molecular flexibility index (Phi) is 10.6. The lowest BCUT2D eigenvalue weighted by Crippen LogP contribution is -2.24. The Labute approximate surface area is 235 Å². The molecular formula is C32H48O6S. The smallest absolute Gasteiger partial charge is 0.304 e. The maximum absolute atomic E-state index is 11.7. The first kappa shape index (κ1) is 32.5. The van der Waals surface area contributed by atoms with Crippen LogP contribution < -0.4 is 0 Å². The molecule has 0 radical (unpaired) electrons. The molecule has 0 atom stereocenters. The SMILES string of the molecule is Cc1cc(CCS(CCC(=O)O)(CCC(=O)O)CCc2cc(C)cc(C(C)(C)C)c2O)c(O)c(C(C)(C)C)c1. The molecule has 0 aliphatic heterocycles. The summed E-state index contributed by atoms with van der Waals surface area (Å²) < 4.78 is 0. The molecule has 0 fully saturated rings. The summed E-state index contributed by atoms with van der Waals surface area (Å²) in [5.41, 5.74) is 4.98. The van der Waals surface area contributed by atoms with Gasteiger partial charge in [-0.1, -0.05) is 76.9 Å². The third-order valence-electron chi connectivity index (χ3n) is 7.39. The van der Waals surface area contributed by atoms with E-state index in [0.717, 1.165) is 33.4 Å². The van der Waals surface area contributed by atoms with Crippen LogP contribution in [-0.4, -0.2) is 55.4 Å². The number of aromatic hydroxyl groups is 2. The van der Waals surface area contributed by atoms with Gasteiger partial charge in [-0.25, -0.2) is 10.0 Å². The summed E-state index contributed by atoms with van der Waals surface area (Å²) in [6.07, 6.45) is 1.01. The van der Waals surface area contributed by atoms with Gasteiger partial charge in [-0.05, 0) is 82.8 Å². The van der Waals surface area contributed by atoms with Crippen molar-refractivity contribution in [2.45, 2.75) is 91.9 Å². The number of aryl methyl sites for hydroxylation is 4. The molecule has 0 amide bonds. The van der Waals surface area contributed by atoms with Crippen LogP contribution in [0.2, 0.25) is 0 Å². The van der Waals surface area contributed by atoms with Crippen molar-refractivity contribution in [1.82, 2.24) is 0 Å². The van der Waals surface area contributed by atoms with E-state index in [1.165, 1.54) is 0 Å². The predicted octanol–water partition coefficient (Wildman–Crippen LogP) is 6.85. The lowest BCUT2D eigenvalue weighted by atomic mass is 9.84. The second-order valence-electron chi connectivity index (χ2n) is 13.0. The third kappa shape index (κ3) is 9.20. The van der Waals surface area contributed by atoms with E-state index in [0.29, 0.717) is 35.9 Å². The first-order chi connectivity index (χ1) is 17.8. The van der Waals surface area contributed by atoms with Crippen molar-refractivity contribution in [3.8, 4) is 11.5 Å². The average molecular weight is 561 g/mol. The maximum Gasteiger partial charge on any atom is 0.304 e. The van der Waals surface area contributed by atoms with Gasteiger partial charge in [0.05, 0.1) is 12.8 Å². The van der Waals surface area contributed by atoms with Gasteiger partial charge in [0, 0.05) is 0 Å². The van der Waals surface area contributed by atoms with Gasteiger partial charge < -0.3 is 20.4 Å². The zero-order valence-electron chi connectivity index (χ0n) is 25.0. The number of phenolic OH excluding ortho intramolecular Hbond substituents is 2. The molecule has 4 N–H and O–H groups in total. The molecule has 0 unspecified atom stereocenters. The first-order valence-corrected chi connectivity index (χ1v) is 16.0. The fraction of sp³-hybridized carbons (Fsp3) is 0.562. The van der Waals surface area contributed by atoms with Crippen molar-refractivity contribution in [3.63, 3.8) is 0 Å². The number of phenols is 2. The maximum atomic E-state index is 11.7. The molecule has 0 aliphatic rings. The second-order valence-corrected chi connectivity index (χ2v) is 17.1. The largest absolute Gasteiger partial charge is 0.507 e. The second kappa shape index (κ2) is 12.7. The molecular weight excluding hydrogens is 512 g/mol. The first-order valence-electron chi connectivity index (χ1n) is 13.7. The molecule has 39 heavy (non-hydrogen) atoms. The molecule has 218 valence electrons. The Morgan fingerprint density at radius 1 is 0.641 bits per heavy atom. The quantitative estimate of drug-likeness (QED) is 0.226. The highest BCUT2D eigenvalue weighted by Gasteiger charge is 2.29. The summed E-state index contributed by atoms with van der Waals surface area (Å²) in [7, 11) is -1.72. The van der Waals surface area contributed by atoms with Crippen LogP contribution in [0.15, 0.2) is 24.3 Å². The molecule has 0 spiro atoms. The Morgan fingerprint density at radius 3 is 1.26 bits per heavy atom. The molecule has 7 heteroatoms. The van der Waals surface area contributed by atoms with E-state index in [1.54, 1.807) is 0 Å². The highest BCUT2D eigenvalue weighted by molar-refractivity contribution is 8.33. The van der Waals surface area contributed by atoms with Gasteiger partial charge in [0.2, 0.25) is 0 Å². The van der Waals surface area contributed by atoms with Crippen molar-refractivity contribution in [2.24, 2.45) is 0 Å². The summed E-state index contributed by atoms with van der Waals surface area (Å²) in [5.74, 6) is 0.792. The molecule has 2 aromatic rings. The van der Waals surface area contributed by atoms with Crippen LogP contribution in [0.25, 0.3) is 0 Å². The van der Waals surface area contributed by atoms with Gasteiger partial charge in [-0.3, -0.25) is 9.59 Å². The van der Waals surface area contributed by atoms with Crippen LogP contribution in [0.5, 0.6) is 11.5 Å². The number of carboxylic acid groups (broad SMARTS) is 2. The summed E-state index contributed by atoms with van der Waals surface area (Å²) >= 11 is 0. The van der Waals surface area contributed by atoms with Gasteiger partial charge in [-0.15, -0.1) is 0 Å². The lowest BCUT2D eigenvalue weighted by molar-refractivity contribution is -0.137. The van der Waals surface area contributed by atoms with E-state index in [1.807, 2.05) is 38.1 Å². The van der Waals surface area contributed by atoms with Crippen LogP contribution >= 0.6 is 10.0 Å². The van der Waals surface area contributed by atoms with Crippen LogP contribution in [0.4, 0.5) is 0 Å². The number of aliphatic carboxylic acids is 2. The van der Waals surface area contributed by atoms with Crippen LogP contribution in [0.3, 0.4) is 0 Å². The third-order valence-corrected chi connectivity index (χ3v) is 11.7. The topological polar surface area (TPSA) is 115 Å². The van der Waals surface area contributed by atoms with Crippen LogP contribution in [0, 0.1) is 13.8 Å². The minimum Gasteiger partial charge on any atom is -0.507 e. The Morgan fingerprint density at radius 2 is 0.974 bits per heavy atom. The zero-order chi connectivity index (χ0) is 29.8. The minimum atomic E-state index is -1.72. The number of hydrogen-bond donors (Lipinski definition) is 4. The highest BCUT2D eigenvalue weighted by Crippen LogP contribution is 2.51. The number of carboxylic acids is 2. The van der Waals surface area contributed by atoms with Gasteiger partial charge in [0.25, 0.3) is 0 Å². The van der Waals surface area contributed by atoms with E-state index < -0.39 is 22.0 Å². The molecule has 0 heterocycles. The molecule has 0 aromatic heterocycles. The molecule has 0 aliphatic carbocycles. The fourth-order valence-electron chi connectivity index (χ4n) is 5.11. The van der Waals surface area contributed by atoms with Gasteiger partial charge in [0.15, 0.2) is 0 Å². The minimum absolute atomic E-state index is 0.0327. The van der Waals surface area contributed by atoms with Crippen molar-refractivity contribution >= 4 is 22.0 Å². The van der Waals surface area contributed by atoms with Crippen molar-refractivity contribution in [2.75, 3.05) is 23.0 Å². The summed E-state index contributed by atoms with van der Waals surface area (Å²) in [6, 6.07) is 7.96. The normalized spacial score (nSPS) is 12.9. The Bertz CT molecular complexity index is 1090. The van der Waals surface area contributed by atoms with Crippen LogP contribution in [-0.2, 0) is 33.3 Å². The Hall–Kier alpha value is -2.67. The number of benzene rings is 2. The van der Waals surface area contributed by atoms with Crippen LogP contribution in [0.1, 0.15) is 87.8 Å². The number of carbonyl (C=O) groups is 2. The molecule has 0 saturated carbocycles. The zero-order valence-corrected chi connectivity index (χ0v) is 25.8. The molecule has 0 saturated heterocycles. The summed E-state index contributed by atoms with van der Waals surface area (Å²) in [4.78, 5) is 23.3. The van der Waals surface area contributed by atoms with E-state index >= 15 is 0 Å². The molecule has 2 rings (SSSR count). The van der Waals surface area contributed by atoms with E-state index in [-0.39, 0.29) is 35.2 Å². The molecule has 2 aromatic carbocycles. The summed E-state index contributed by atoms with van der Waals surface area (Å²) in [6.45, 7) is 16.3. The van der Waals surface area contributed by atoms with Crippen molar-refractivity contribution in [3.05, 3.63) is 57.6 Å². The standard InChI is InChI=1S/C32H48O6S/c1-21-17-23(29(37)25(19-21)31(3,4)5)9-13-39(15-11-27(33)34,16-12-28(35)36)14-10-24-18-22(2)20-26(30(24)38)32(6,7)8/h17-20,37-38H,9-16H2,1-8H3,(H,33,34)(H,35,36). The van der Waals surface area contributed by atoms with E-state index in [2.05, 4.69) is 41.5 Å². The number of hydrogen-bond acceptors (Lipinski definition) is 4. The molecule has 6 nitrogen and oxygen atoms in total. The lowest BCUT2D eigenvalue weighted by Gasteiger charge is -2.40. The van der Waals surface area contributed by atoms with Crippen molar-refractivity contribution in [1.29, 1.82) is 0 Å². The number of rotatable bonds is 12. The Balaban J connectivity index is 2.50. The van der Waals surface area contributed by atoms with Gasteiger partial charge >= 0.3 is 11.9 Å². The fourth-order valence-corrected chi connectivity index (χ4v) is 8.85. The summed E-state index contributed by atoms with van der Waals surface area (Å²) in [5, 5.41) is 41.4. The van der Waals surface area contributed by atoms with E-state index in [4.69, 9.17) is 0 Å². The van der Waals surface area contributed by atoms with E-state index in [9.17, 15) is 30.0 Å². The van der Waals surface area contributed by atoms with Gasteiger partial charge in [0.1, 0.15) is 11.5 Å². The van der Waals surface area contributed by atoms with Crippen molar-refractivity contribution < 1.29 is 30.0 Å². The predicted molar refractivity (Wildman–Crippen MR) is 162 cm³/mol.